The van der Waals surface area contributed by atoms with Gasteiger partial charge in [-0.1, -0.05) is 90.5 Å². The van der Waals surface area contributed by atoms with Crippen LogP contribution in [0.1, 0.15) is 46.6 Å². The maximum absolute atomic E-state index is 14.9. The van der Waals surface area contributed by atoms with E-state index in [0.717, 1.165) is 26.6 Å². The number of benzene rings is 5. The molecule has 28 nitrogen and oxygen atoms in total. The van der Waals surface area contributed by atoms with Crippen molar-refractivity contribution in [1.82, 2.24) is 48.3 Å². The smallest absolute Gasteiger partial charge is 0.481 e. The molecule has 0 saturated carbocycles. The zero-order valence-electron chi connectivity index (χ0n) is 55.7. The number of hydrogen-bond donors (Lipinski definition) is 6. The Kier molecular flexibility index (Phi) is 25.4. The summed E-state index contributed by atoms with van der Waals surface area (Å²) in [4.78, 5) is 105. The molecule has 0 unspecified atom stereocenters. The fourth-order valence-electron chi connectivity index (χ4n) is 12.2. The summed E-state index contributed by atoms with van der Waals surface area (Å²) in [5.74, 6) is -6.64. The van der Waals surface area contributed by atoms with Crippen LogP contribution in [0.25, 0.3) is 66.8 Å². The Morgan fingerprint density at radius 1 is 0.529 bits per heavy atom. The molecule has 5 aromatic heterocycles. The second kappa shape index (κ2) is 34.3. The Morgan fingerprint density at radius 2 is 1.02 bits per heavy atom. The SMILES string of the molecule is Cc1ccc(S(=O)(=O)N(CCCC(=O)O)C(=O)c2c3ccccc3[n+](CCCS(=O)(=O)N3CCN(c4nc(Cl)nc(Nc5ccc(-c6ccc(-c7cc(-c8cccc(CN(CC(=O)O)CC(=O)O)n8)nc(-c8cccc(CN(CC(=O)O)CC(=O)O)n8)c7)cc6)cc5)n4)CC3)c3ccccc23)cc1.[Eu+3]. The van der Waals surface area contributed by atoms with Crippen LogP contribution >= 0.6 is 11.6 Å². The molecule has 10 aromatic rings. The van der Waals surface area contributed by atoms with Crippen molar-refractivity contribution in [1.29, 1.82) is 0 Å². The molecular weight excluding hydrogens is 1540 g/mol. The summed E-state index contributed by atoms with van der Waals surface area (Å²) in [5.41, 5.74) is 8.13. The third-order valence-electron chi connectivity index (χ3n) is 16.9. The molecule has 1 fully saturated rings. The average molecular weight is 1610 g/mol. The molecular formula is C72H69ClEuN13O15S2+4. The number of carboxylic acids is 5. The van der Waals surface area contributed by atoms with Gasteiger partial charge in [-0.05, 0) is 120 Å². The number of pyridine rings is 4. The number of piperazine rings is 1. The first kappa shape index (κ1) is 76.9. The molecule has 0 aliphatic carbocycles. The fourth-order valence-corrected chi connectivity index (χ4v) is 15.2. The Bertz CT molecular complexity index is 4930. The number of nitrogens with zero attached hydrogens (tertiary/aromatic N) is 12. The molecule has 0 bridgehead atoms. The molecule has 0 atom stereocenters. The Hall–Kier alpha value is -9.70. The van der Waals surface area contributed by atoms with E-state index in [9.17, 15) is 71.1 Å². The van der Waals surface area contributed by atoms with Gasteiger partial charge in [0, 0.05) is 76.5 Å². The molecule has 1 aliphatic rings. The predicted octanol–water partition coefficient (Wildman–Crippen LogP) is 8.20. The number of halogens is 1. The summed E-state index contributed by atoms with van der Waals surface area (Å²) < 4.78 is 60.8. The number of aliphatic carboxylic acids is 5. The molecule has 32 heteroatoms. The van der Waals surface area contributed by atoms with Crippen molar-refractivity contribution in [3.63, 3.8) is 0 Å². The standard InChI is InChI=1S/C72H68ClN13O15S2.Eu/c1-46-19-29-54(30-20-46)103(100,101)86(32-8-18-63(87)88)69(97)68-55-12-2-4-16-61(55)85(62-17-5-3-13-56(62)68)31-9-37-102(98,99)84-35-33-83(34-36-84)72-79-70(73)78-71(80-72)76-51-27-25-48(26-28-51)47-21-23-49(24-22-47)50-38-59(57-14-6-10-52(74-57)40-81(42-64(89)90)43-65(91)92)77-60(39-50)58-15-7-11-53(75-58)41-82(44-66(93)94)45-67(95)96;/h2-7,10-17,19-30,38-39H,8-9,18,31-37,40-45H2,1H3,(H5-,76,77,78,79,80,87,88,89,90,91,92,93,94,95,96);/q;+3/p+1. The molecule has 0 radical (unpaired) electrons. The van der Waals surface area contributed by atoms with Crippen LogP contribution in [-0.4, -0.2) is 191 Å². The van der Waals surface area contributed by atoms with Crippen LogP contribution in [0.2, 0.25) is 5.28 Å². The predicted molar refractivity (Wildman–Crippen MR) is 381 cm³/mol. The third kappa shape index (κ3) is 19.4. The Balaban J connectivity index is 0.0000116. The second-order valence-electron chi connectivity index (χ2n) is 24.3. The minimum atomic E-state index is -4.46. The number of amides is 1. The second-order valence-corrected chi connectivity index (χ2v) is 28.6. The van der Waals surface area contributed by atoms with Crippen LogP contribution in [0.3, 0.4) is 0 Å². The monoisotopic (exact) mass is 1610 g/mol. The number of nitrogens with one attached hydrogen (secondary N) is 1. The van der Waals surface area contributed by atoms with Crippen molar-refractivity contribution in [3.8, 4) is 45.0 Å². The van der Waals surface area contributed by atoms with Gasteiger partial charge >= 0.3 is 79.2 Å². The zero-order chi connectivity index (χ0) is 73.1. The first-order valence-corrected chi connectivity index (χ1v) is 35.8. The fraction of sp³-hybridized carbons (Fsp3) is 0.236. The minimum Gasteiger partial charge on any atom is -0.481 e. The maximum atomic E-state index is 14.9. The van der Waals surface area contributed by atoms with Crippen LogP contribution in [-0.2, 0) is 63.7 Å². The molecule has 6 N–H and O–H groups in total. The van der Waals surface area contributed by atoms with E-state index < -0.39 is 82.0 Å². The van der Waals surface area contributed by atoms with Gasteiger partial charge in [0.05, 0.1) is 87.3 Å². The minimum absolute atomic E-state index is 0. The van der Waals surface area contributed by atoms with Gasteiger partial charge < -0.3 is 35.7 Å². The van der Waals surface area contributed by atoms with Crippen molar-refractivity contribution < 1.29 is 125 Å². The Labute approximate surface area is 642 Å². The van der Waals surface area contributed by atoms with Crippen molar-refractivity contribution in [2.75, 3.05) is 74.9 Å². The van der Waals surface area contributed by atoms with Crippen molar-refractivity contribution in [3.05, 3.63) is 198 Å². The van der Waals surface area contributed by atoms with Gasteiger partial charge in [0.1, 0.15) is 0 Å². The number of aryl methyl sites for hydroxylation is 2. The number of carbonyl (C=O) groups excluding carboxylic acids is 1. The quantitative estimate of drug-likeness (QED) is 0.0176. The first-order valence-electron chi connectivity index (χ1n) is 32.4. The summed E-state index contributed by atoms with van der Waals surface area (Å²) in [6, 6.07) is 49.0. The van der Waals surface area contributed by atoms with E-state index in [-0.39, 0.29) is 154 Å². The number of anilines is 3. The Morgan fingerprint density at radius 3 is 1.52 bits per heavy atom. The topological polar surface area (TPSA) is 381 Å². The molecule has 5 aromatic carbocycles. The third-order valence-corrected chi connectivity index (χ3v) is 20.8. The van der Waals surface area contributed by atoms with E-state index in [1.807, 2.05) is 70.1 Å². The van der Waals surface area contributed by atoms with Crippen LogP contribution in [0.5, 0.6) is 0 Å². The largest absolute Gasteiger partial charge is 3.00 e. The summed E-state index contributed by atoms with van der Waals surface area (Å²) >= 11 is 6.49. The van der Waals surface area contributed by atoms with Gasteiger partial charge in [0.15, 0.2) is 6.54 Å². The number of fused-ring (bicyclic) bond motifs is 2. The van der Waals surface area contributed by atoms with E-state index in [4.69, 9.17) is 26.6 Å². The van der Waals surface area contributed by atoms with Gasteiger partial charge in [-0.2, -0.15) is 23.8 Å². The molecule has 1 amide bonds. The van der Waals surface area contributed by atoms with E-state index >= 15 is 0 Å². The summed E-state index contributed by atoms with van der Waals surface area (Å²) in [6.45, 7) is -0.00156. The molecule has 6 heterocycles. The number of sulfonamides is 2. The maximum Gasteiger partial charge on any atom is 3.00 e. The summed E-state index contributed by atoms with van der Waals surface area (Å²) in [6.07, 6.45) is -0.317. The van der Waals surface area contributed by atoms with E-state index in [0.29, 0.717) is 67.2 Å². The molecule has 104 heavy (non-hydrogen) atoms. The van der Waals surface area contributed by atoms with E-state index in [2.05, 4.69) is 20.3 Å². The number of carboxylic acid groups (broad SMARTS) is 5. The summed E-state index contributed by atoms with van der Waals surface area (Å²) in [5, 5.41) is 51.4. The average Bonchev–Trinajstić information content (AvgIpc) is 0.738. The number of hydrogen-bond acceptors (Lipinski definition) is 20. The molecule has 0 spiro atoms. The van der Waals surface area contributed by atoms with Gasteiger partial charge in [-0.3, -0.25) is 38.6 Å². The molecule has 11 rings (SSSR count). The number of aromatic nitrogens is 7. The van der Waals surface area contributed by atoms with Crippen LogP contribution in [0.15, 0.2) is 175 Å². The van der Waals surface area contributed by atoms with Crippen LogP contribution in [0.4, 0.5) is 17.6 Å². The van der Waals surface area contributed by atoms with Crippen molar-refractivity contribution in [2.24, 2.45) is 0 Å². The molecule has 1 saturated heterocycles. The summed E-state index contributed by atoms with van der Waals surface area (Å²) in [7, 11) is -8.28. The number of para-hydroxylation sites is 2. The van der Waals surface area contributed by atoms with Crippen LogP contribution < -0.4 is 14.8 Å². The molecule has 534 valence electrons. The van der Waals surface area contributed by atoms with E-state index in [1.54, 1.807) is 104 Å². The zero-order valence-corrected chi connectivity index (χ0v) is 60.6. The van der Waals surface area contributed by atoms with Crippen molar-refractivity contribution in [2.45, 2.75) is 50.7 Å². The van der Waals surface area contributed by atoms with Gasteiger partial charge in [-0.15, -0.1) is 0 Å². The molecule has 1 aliphatic heterocycles. The first-order chi connectivity index (χ1) is 49.3. The van der Waals surface area contributed by atoms with Crippen LogP contribution in [0, 0.1) is 56.3 Å². The van der Waals surface area contributed by atoms with Gasteiger partial charge in [-0.25, -0.2) is 36.1 Å². The van der Waals surface area contributed by atoms with Gasteiger partial charge in [0.25, 0.3) is 15.9 Å². The normalized spacial score (nSPS) is 12.7. The number of carbonyl (C=O) groups is 6. The van der Waals surface area contributed by atoms with E-state index in [1.165, 1.54) is 26.2 Å². The van der Waals surface area contributed by atoms with Crippen molar-refractivity contribution >= 4 is 107 Å². The van der Waals surface area contributed by atoms with Gasteiger partial charge in [0.2, 0.25) is 38.2 Å². The number of rotatable bonds is 31.